The first kappa shape index (κ1) is 10.8. The standard InChI is InChI=1S/C6H7NO2S.Ti/c7-5-1-3-6(4-2-5)10(8)9;/h1-4H,7H2,(H,8,9);/p-1. The third kappa shape index (κ3) is 3.16. The molecule has 3 nitrogen and oxygen atoms in total. The maximum atomic E-state index is 10.3. The average molecular weight is 204 g/mol. The van der Waals surface area contributed by atoms with Crippen molar-refractivity contribution in [2.24, 2.45) is 0 Å². The van der Waals surface area contributed by atoms with Gasteiger partial charge in [-0.3, -0.25) is 4.21 Å². The van der Waals surface area contributed by atoms with Gasteiger partial charge in [0.2, 0.25) is 0 Å². The van der Waals surface area contributed by atoms with E-state index < -0.39 is 11.1 Å². The number of benzene rings is 1. The fourth-order valence-electron chi connectivity index (χ4n) is 0.579. The van der Waals surface area contributed by atoms with Gasteiger partial charge in [0.05, 0.1) is 0 Å². The number of nitrogen functional groups attached to an aromatic ring is 1. The largest absolute Gasteiger partial charge is 0.768 e. The average Bonchev–Trinajstić information content (AvgIpc) is 1.88. The molecule has 0 amide bonds. The summed E-state index contributed by atoms with van der Waals surface area (Å²) >= 11 is -2.14. The fraction of sp³-hybridized carbons (Fsp3) is 0. The van der Waals surface area contributed by atoms with Gasteiger partial charge in [-0.1, -0.05) is 0 Å². The van der Waals surface area contributed by atoms with E-state index in [9.17, 15) is 8.76 Å². The van der Waals surface area contributed by atoms with Crippen LogP contribution < -0.4 is 5.73 Å². The molecule has 1 atom stereocenters. The predicted octanol–water partition coefficient (Wildman–Crippen LogP) is 0.504. The quantitative estimate of drug-likeness (QED) is 0.411. The molecule has 58 valence electrons. The molecule has 1 aromatic carbocycles. The van der Waals surface area contributed by atoms with Gasteiger partial charge in [0.1, 0.15) is 0 Å². The Hall–Kier alpha value is -0.156. The number of rotatable bonds is 1. The van der Waals surface area contributed by atoms with E-state index in [0.717, 1.165) is 0 Å². The van der Waals surface area contributed by atoms with Crippen LogP contribution >= 0.6 is 0 Å². The third-order valence-corrected chi connectivity index (χ3v) is 1.73. The van der Waals surface area contributed by atoms with Crippen LogP contribution in [0.25, 0.3) is 0 Å². The van der Waals surface area contributed by atoms with Gasteiger partial charge in [0, 0.05) is 32.3 Å². The van der Waals surface area contributed by atoms with Crippen molar-refractivity contribution >= 4 is 16.8 Å². The third-order valence-electron chi connectivity index (χ3n) is 1.07. The molecule has 11 heavy (non-hydrogen) atoms. The van der Waals surface area contributed by atoms with E-state index in [1.54, 1.807) is 12.1 Å². The molecule has 0 fully saturated rings. The predicted molar refractivity (Wildman–Crippen MR) is 38.0 cm³/mol. The Morgan fingerprint density at radius 1 is 1.27 bits per heavy atom. The van der Waals surface area contributed by atoms with Crippen LogP contribution in [0.15, 0.2) is 29.2 Å². The van der Waals surface area contributed by atoms with Crippen LogP contribution in [0.3, 0.4) is 0 Å². The molecular weight excluding hydrogens is 198 g/mol. The summed E-state index contributed by atoms with van der Waals surface area (Å²) in [6.45, 7) is 0. The van der Waals surface area contributed by atoms with Crippen molar-refractivity contribution in [2.45, 2.75) is 4.90 Å². The second kappa shape index (κ2) is 4.67. The fourth-order valence-corrected chi connectivity index (χ4v) is 0.937. The topological polar surface area (TPSA) is 66.2 Å². The minimum absolute atomic E-state index is 0. The Labute approximate surface area is 82.2 Å². The van der Waals surface area contributed by atoms with Crippen molar-refractivity contribution in [3.8, 4) is 0 Å². The summed E-state index contributed by atoms with van der Waals surface area (Å²) in [5.41, 5.74) is 5.89. The molecule has 0 aromatic heterocycles. The molecule has 0 spiro atoms. The van der Waals surface area contributed by atoms with Crippen LogP contribution in [0, 0.1) is 0 Å². The molecule has 0 aliphatic rings. The minimum Gasteiger partial charge on any atom is -0.768 e. The second-order valence-corrected chi connectivity index (χ2v) is 2.74. The molecule has 0 radical (unpaired) electrons. The van der Waals surface area contributed by atoms with Crippen LogP contribution in [0.4, 0.5) is 5.69 Å². The second-order valence-electron chi connectivity index (χ2n) is 1.80. The summed E-state index contributed by atoms with van der Waals surface area (Å²) in [5.74, 6) is 0. The van der Waals surface area contributed by atoms with Gasteiger partial charge >= 0.3 is 0 Å². The zero-order valence-corrected chi connectivity index (χ0v) is 7.99. The van der Waals surface area contributed by atoms with Crippen molar-refractivity contribution in [3.63, 3.8) is 0 Å². The molecule has 1 aromatic rings. The van der Waals surface area contributed by atoms with Crippen LogP contribution in [0.1, 0.15) is 0 Å². The van der Waals surface area contributed by atoms with E-state index in [2.05, 4.69) is 0 Å². The Balaban J connectivity index is 0.000001000. The molecule has 0 aliphatic heterocycles. The van der Waals surface area contributed by atoms with Crippen molar-refractivity contribution in [1.29, 1.82) is 0 Å². The number of hydrogen-bond acceptors (Lipinski definition) is 3. The monoisotopic (exact) mass is 204 g/mol. The Kier molecular flexibility index (Phi) is 4.60. The van der Waals surface area contributed by atoms with E-state index in [1.165, 1.54) is 12.1 Å². The summed E-state index contributed by atoms with van der Waals surface area (Å²) in [6, 6.07) is 6.01. The molecule has 5 heteroatoms. The van der Waals surface area contributed by atoms with E-state index >= 15 is 0 Å². The van der Waals surface area contributed by atoms with E-state index in [1.807, 2.05) is 0 Å². The first-order chi connectivity index (χ1) is 4.70. The van der Waals surface area contributed by atoms with E-state index in [4.69, 9.17) is 5.73 Å². The van der Waals surface area contributed by atoms with Crippen molar-refractivity contribution < 1.29 is 30.5 Å². The zero-order chi connectivity index (χ0) is 7.56. The zero-order valence-electron chi connectivity index (χ0n) is 5.61. The van der Waals surface area contributed by atoms with Gasteiger partial charge in [-0.05, 0) is 35.3 Å². The van der Waals surface area contributed by atoms with Gasteiger partial charge in [-0.15, -0.1) is 0 Å². The van der Waals surface area contributed by atoms with E-state index in [0.29, 0.717) is 5.69 Å². The van der Waals surface area contributed by atoms with Gasteiger partial charge in [0.15, 0.2) is 0 Å². The Morgan fingerprint density at radius 2 is 1.73 bits per heavy atom. The van der Waals surface area contributed by atoms with E-state index in [-0.39, 0.29) is 26.6 Å². The molecule has 2 N–H and O–H groups in total. The van der Waals surface area contributed by atoms with Gasteiger partial charge < -0.3 is 10.3 Å². The van der Waals surface area contributed by atoms with Crippen molar-refractivity contribution in [3.05, 3.63) is 24.3 Å². The van der Waals surface area contributed by atoms with Crippen LogP contribution in [0.5, 0.6) is 0 Å². The number of hydrogen-bond donors (Lipinski definition) is 1. The first-order valence-electron chi connectivity index (χ1n) is 2.65. The normalized spacial score (nSPS) is 11.7. The number of anilines is 1. The summed E-state index contributed by atoms with van der Waals surface area (Å²) in [4.78, 5) is 0.259. The molecule has 1 unspecified atom stereocenters. The Bertz CT molecular complexity index is 249. The maximum absolute atomic E-state index is 10.3. The van der Waals surface area contributed by atoms with Crippen molar-refractivity contribution in [2.75, 3.05) is 5.73 Å². The molecule has 1 rings (SSSR count). The summed E-state index contributed by atoms with van der Waals surface area (Å²) in [6.07, 6.45) is 0. The summed E-state index contributed by atoms with van der Waals surface area (Å²) in [7, 11) is 0. The maximum Gasteiger partial charge on any atom is 0.0314 e. The van der Waals surface area contributed by atoms with Crippen LogP contribution in [0.2, 0.25) is 0 Å². The molecule has 0 heterocycles. The molecule has 0 bridgehead atoms. The summed E-state index contributed by atoms with van der Waals surface area (Å²) in [5, 5.41) is 0. The number of nitrogens with two attached hydrogens (primary N) is 1. The Morgan fingerprint density at radius 3 is 2.09 bits per heavy atom. The first-order valence-corrected chi connectivity index (χ1v) is 3.72. The molecule has 0 saturated heterocycles. The van der Waals surface area contributed by atoms with Crippen LogP contribution in [-0.2, 0) is 32.8 Å². The molecular formula is C6H6NO2STi-. The van der Waals surface area contributed by atoms with Crippen molar-refractivity contribution in [1.82, 2.24) is 0 Å². The minimum atomic E-state index is -2.14. The molecule has 0 aliphatic carbocycles. The molecule has 0 saturated carbocycles. The van der Waals surface area contributed by atoms with Gasteiger partial charge in [-0.2, -0.15) is 0 Å². The van der Waals surface area contributed by atoms with Gasteiger partial charge in [-0.25, -0.2) is 0 Å². The smallest absolute Gasteiger partial charge is 0.0314 e. The summed E-state index contributed by atoms with van der Waals surface area (Å²) < 4.78 is 20.5. The SMILES string of the molecule is Nc1ccc(S(=O)[O-])cc1.[Ti]. The van der Waals surface area contributed by atoms with Crippen LogP contribution in [-0.4, -0.2) is 8.76 Å². The van der Waals surface area contributed by atoms with Gasteiger partial charge in [0.25, 0.3) is 0 Å².